The molecule has 0 amide bonds. The van der Waals surface area contributed by atoms with Gasteiger partial charge in [-0.25, -0.2) is 14.8 Å². The maximum absolute atomic E-state index is 13.9. The van der Waals surface area contributed by atoms with Crippen LogP contribution in [0, 0.1) is 10.1 Å². The summed E-state index contributed by atoms with van der Waals surface area (Å²) in [7, 11) is 3.04. The highest BCUT2D eigenvalue weighted by molar-refractivity contribution is 8.01. The molecular weight excluding hydrogens is 641 g/mol. The second-order valence-electron chi connectivity index (χ2n) is 9.56. The highest BCUT2D eigenvalue weighted by atomic mass is 32.2. The molecule has 0 aliphatic carbocycles. The Balaban J connectivity index is 1.38. The summed E-state index contributed by atoms with van der Waals surface area (Å²) in [5, 5.41) is 11.7. The van der Waals surface area contributed by atoms with E-state index in [1.165, 1.54) is 65.4 Å². The Hall–Kier alpha value is -4.73. The minimum Gasteiger partial charge on any atom is -0.493 e. The number of esters is 1. The highest BCUT2D eigenvalue weighted by Gasteiger charge is 2.34. The number of nitro groups is 1. The number of benzene rings is 2. The molecule has 45 heavy (non-hydrogen) atoms. The van der Waals surface area contributed by atoms with E-state index in [0.29, 0.717) is 57.5 Å². The van der Waals surface area contributed by atoms with Crippen molar-refractivity contribution in [2.45, 2.75) is 29.3 Å². The van der Waals surface area contributed by atoms with E-state index in [9.17, 15) is 19.7 Å². The summed E-state index contributed by atoms with van der Waals surface area (Å²) in [5.41, 5.74) is 1.62. The lowest BCUT2D eigenvalue weighted by molar-refractivity contribution is -0.384. The largest absolute Gasteiger partial charge is 0.493 e. The van der Waals surface area contributed by atoms with Crippen molar-refractivity contribution in [3.05, 3.63) is 101 Å². The zero-order chi connectivity index (χ0) is 31.8. The molecule has 230 valence electrons. The van der Waals surface area contributed by atoms with Crippen LogP contribution in [0.2, 0.25) is 0 Å². The fourth-order valence-electron chi connectivity index (χ4n) is 4.86. The van der Waals surface area contributed by atoms with Gasteiger partial charge < -0.3 is 18.6 Å². The summed E-state index contributed by atoms with van der Waals surface area (Å²) in [4.78, 5) is 47.3. The Morgan fingerprint density at radius 3 is 2.67 bits per heavy atom. The van der Waals surface area contributed by atoms with Gasteiger partial charge in [-0.05, 0) is 61.5 Å². The molecule has 6 rings (SSSR count). The van der Waals surface area contributed by atoms with E-state index >= 15 is 0 Å². The first-order chi connectivity index (χ1) is 21.7. The third-order valence-corrected chi connectivity index (χ3v) is 9.85. The molecule has 1 aliphatic rings. The van der Waals surface area contributed by atoms with Gasteiger partial charge in [0.1, 0.15) is 5.76 Å². The van der Waals surface area contributed by atoms with Gasteiger partial charge in [-0.15, -0.1) is 11.3 Å². The molecule has 3 aromatic heterocycles. The van der Waals surface area contributed by atoms with Crippen LogP contribution in [0.4, 0.5) is 5.69 Å². The fourth-order valence-corrected chi connectivity index (χ4v) is 7.89. The van der Waals surface area contributed by atoms with E-state index in [4.69, 9.17) is 18.6 Å². The summed E-state index contributed by atoms with van der Waals surface area (Å²) < 4.78 is 25.4. The summed E-state index contributed by atoms with van der Waals surface area (Å²) in [6.07, 6.45) is 1.63. The maximum atomic E-state index is 13.9. The van der Waals surface area contributed by atoms with Crippen molar-refractivity contribution in [1.29, 1.82) is 0 Å². The van der Waals surface area contributed by atoms with E-state index in [-0.39, 0.29) is 23.4 Å². The molecule has 0 radical (unpaired) electrons. The van der Waals surface area contributed by atoms with Crippen LogP contribution < -0.4 is 24.4 Å². The monoisotopic (exact) mass is 664 g/mol. The summed E-state index contributed by atoms with van der Waals surface area (Å²) in [6.45, 7) is 3.59. The number of methoxy groups -OCH3 is 2. The van der Waals surface area contributed by atoms with Gasteiger partial charge in [0.05, 0.1) is 57.8 Å². The molecule has 0 unspecified atom stereocenters. The van der Waals surface area contributed by atoms with Crippen molar-refractivity contribution in [1.82, 2.24) is 9.55 Å². The van der Waals surface area contributed by atoms with Crippen LogP contribution in [-0.4, -0.2) is 41.3 Å². The standard InChI is InChI=1S/C30H24N4O8S3/c1-5-41-28(36)25-15(2)31-29-33(26(25)16-6-10-20(39-3)21(12-16)40-4)27(35)23(43-29)14-18-8-11-24(42-18)45-30-32-19-9-7-17(34(37)38)13-22(19)44-30/h6-14,26H,5H2,1-4H3/b23-14-/t26-/m1/s1. The Kier molecular flexibility index (Phi) is 8.31. The number of carbonyl (C=O) groups is 1. The summed E-state index contributed by atoms with van der Waals surface area (Å²) in [6, 6.07) is 12.4. The number of furan rings is 1. The minimum atomic E-state index is -0.820. The molecule has 0 saturated carbocycles. The Morgan fingerprint density at radius 2 is 1.93 bits per heavy atom. The Bertz CT molecular complexity index is 2190. The second-order valence-corrected chi connectivity index (χ2v) is 12.9. The van der Waals surface area contributed by atoms with Gasteiger partial charge in [0.25, 0.3) is 11.2 Å². The third-order valence-electron chi connectivity index (χ3n) is 6.87. The zero-order valence-electron chi connectivity index (χ0n) is 24.3. The van der Waals surface area contributed by atoms with Crippen LogP contribution in [0.15, 0.2) is 83.4 Å². The zero-order valence-corrected chi connectivity index (χ0v) is 26.7. The van der Waals surface area contributed by atoms with Gasteiger partial charge in [-0.1, -0.05) is 17.4 Å². The normalized spacial score (nSPS) is 14.8. The van der Waals surface area contributed by atoms with E-state index in [2.05, 4.69) is 9.98 Å². The quantitative estimate of drug-likeness (QED) is 0.119. The molecule has 0 bridgehead atoms. The maximum Gasteiger partial charge on any atom is 0.338 e. The molecule has 12 nitrogen and oxygen atoms in total. The van der Waals surface area contributed by atoms with Crippen molar-refractivity contribution >= 4 is 62.4 Å². The fraction of sp³-hybridized carbons (Fsp3) is 0.200. The van der Waals surface area contributed by atoms with Crippen LogP contribution in [0.25, 0.3) is 16.3 Å². The average Bonchev–Trinajstić information content (AvgIpc) is 3.72. The van der Waals surface area contributed by atoms with E-state index in [0.717, 1.165) is 0 Å². The number of rotatable bonds is 9. The van der Waals surface area contributed by atoms with Crippen LogP contribution >= 0.6 is 34.4 Å². The third kappa shape index (κ3) is 5.77. The molecule has 1 aliphatic heterocycles. The SMILES string of the molecule is CCOC(=O)C1=C(C)N=c2s/c(=C\c3ccc(Sc4nc5ccc([N+](=O)[O-])cc5s4)o3)c(=O)n2[C@@H]1c1ccc(OC)c(OC)c1. The highest BCUT2D eigenvalue weighted by Crippen LogP contribution is 2.37. The number of hydrogen-bond donors (Lipinski definition) is 0. The van der Waals surface area contributed by atoms with Crippen molar-refractivity contribution in [3.63, 3.8) is 0 Å². The summed E-state index contributed by atoms with van der Waals surface area (Å²) >= 11 is 3.77. The number of non-ortho nitro benzene ring substituents is 1. The van der Waals surface area contributed by atoms with Crippen molar-refractivity contribution in [2.75, 3.05) is 20.8 Å². The lowest BCUT2D eigenvalue weighted by atomic mass is 9.95. The average molecular weight is 665 g/mol. The number of thiazole rings is 2. The van der Waals surface area contributed by atoms with Crippen molar-refractivity contribution < 1.29 is 28.3 Å². The molecule has 0 saturated heterocycles. The predicted octanol–water partition coefficient (Wildman–Crippen LogP) is 5.08. The molecular formula is C30H24N4O8S3. The van der Waals surface area contributed by atoms with E-state index < -0.39 is 16.9 Å². The van der Waals surface area contributed by atoms with Gasteiger partial charge in [0.15, 0.2) is 25.7 Å². The lowest BCUT2D eigenvalue weighted by Gasteiger charge is -2.25. The van der Waals surface area contributed by atoms with Gasteiger partial charge in [0, 0.05) is 18.2 Å². The molecule has 2 aromatic carbocycles. The van der Waals surface area contributed by atoms with Gasteiger partial charge in [0.2, 0.25) is 0 Å². The number of carbonyl (C=O) groups excluding carboxylic acids is 1. The van der Waals surface area contributed by atoms with Crippen LogP contribution in [-0.2, 0) is 9.53 Å². The molecule has 1 atom stereocenters. The minimum absolute atomic E-state index is 0.00221. The number of allylic oxidation sites excluding steroid dienone is 1. The smallest absolute Gasteiger partial charge is 0.338 e. The molecule has 0 spiro atoms. The first-order valence-electron chi connectivity index (χ1n) is 13.4. The number of hydrogen-bond acceptors (Lipinski definition) is 13. The van der Waals surface area contributed by atoms with Crippen molar-refractivity contribution in [3.8, 4) is 11.5 Å². The summed E-state index contributed by atoms with van der Waals surface area (Å²) in [5.74, 6) is 0.820. The lowest BCUT2D eigenvalue weighted by Crippen LogP contribution is -2.39. The van der Waals surface area contributed by atoms with Crippen LogP contribution in [0.1, 0.15) is 31.2 Å². The van der Waals surface area contributed by atoms with Gasteiger partial charge in [-0.2, -0.15) is 0 Å². The molecule has 0 N–H and O–H groups in total. The molecule has 0 fully saturated rings. The number of aromatic nitrogens is 2. The first-order valence-corrected chi connectivity index (χ1v) is 15.9. The van der Waals surface area contributed by atoms with Crippen molar-refractivity contribution in [2.24, 2.45) is 4.99 Å². The van der Waals surface area contributed by atoms with E-state index in [1.54, 1.807) is 56.3 Å². The van der Waals surface area contributed by atoms with Gasteiger partial charge in [-0.3, -0.25) is 19.5 Å². The predicted molar refractivity (Wildman–Crippen MR) is 169 cm³/mol. The number of fused-ring (bicyclic) bond motifs is 2. The topological polar surface area (TPSA) is 148 Å². The Morgan fingerprint density at radius 1 is 1.13 bits per heavy atom. The number of nitro benzene ring substituents is 1. The molecule has 15 heteroatoms. The molecule has 5 aromatic rings. The number of ether oxygens (including phenoxy) is 3. The van der Waals surface area contributed by atoms with E-state index in [1.807, 2.05) is 0 Å². The number of nitrogens with zero attached hydrogens (tertiary/aromatic N) is 4. The van der Waals surface area contributed by atoms with Crippen LogP contribution in [0.5, 0.6) is 11.5 Å². The first kappa shape index (κ1) is 30.3. The Labute approximate surface area is 267 Å². The molecule has 4 heterocycles. The second kappa shape index (κ2) is 12.3. The van der Waals surface area contributed by atoms with Gasteiger partial charge >= 0.3 is 5.97 Å². The van der Waals surface area contributed by atoms with Crippen LogP contribution in [0.3, 0.4) is 0 Å².